The number of nitrogens with one attached hydrogen (secondary N) is 2. The number of halogens is 1. The van der Waals surface area contributed by atoms with Gasteiger partial charge in [-0.2, -0.15) is 0 Å². The van der Waals surface area contributed by atoms with Crippen LogP contribution in [0.4, 0.5) is 10.5 Å². The van der Waals surface area contributed by atoms with Crippen molar-refractivity contribution in [2.75, 3.05) is 5.32 Å². The molecule has 3 N–H and O–H groups in total. The molecule has 0 radical (unpaired) electrons. The van der Waals surface area contributed by atoms with Crippen LogP contribution < -0.4 is 10.6 Å². The molecular weight excluding hydrogens is 324 g/mol. The molecule has 110 valence electrons. The van der Waals surface area contributed by atoms with Crippen LogP contribution in [0.3, 0.4) is 0 Å². The molecule has 0 aliphatic carbocycles. The van der Waals surface area contributed by atoms with E-state index in [1.165, 1.54) is 12.1 Å². The third-order valence-electron chi connectivity index (χ3n) is 2.79. The summed E-state index contributed by atoms with van der Waals surface area (Å²) in [7, 11) is 0. The molecule has 5 nitrogen and oxygen atoms in total. The van der Waals surface area contributed by atoms with Gasteiger partial charge in [-0.05, 0) is 54.4 Å². The average molecular weight is 343 g/mol. The normalized spacial score (nSPS) is 11.0. The van der Waals surface area contributed by atoms with Gasteiger partial charge in [-0.3, -0.25) is 0 Å². The molecule has 0 aliphatic heterocycles. The van der Waals surface area contributed by atoms with E-state index in [1.54, 1.807) is 6.07 Å². The number of carboxylic acid groups (broad SMARTS) is 1. The van der Waals surface area contributed by atoms with Gasteiger partial charge in [-0.15, -0.1) is 0 Å². The fraction of sp³-hybridized carbons (Fsp3) is 0.429. The minimum absolute atomic E-state index is 0.122. The lowest BCUT2D eigenvalue weighted by atomic mass is 9.99. The van der Waals surface area contributed by atoms with E-state index < -0.39 is 5.97 Å². The standard InChI is InChI=1S/C14H19BrN2O3/c1-4-7-14(2,3)17-13(20)16-11-8-9(12(18)19)5-6-10(11)15/h5-6,8H,4,7H2,1-3H3,(H,18,19)(H2,16,17,20). The van der Waals surface area contributed by atoms with Crippen LogP contribution in [-0.4, -0.2) is 22.6 Å². The van der Waals surface area contributed by atoms with Crippen LogP contribution in [0, 0.1) is 0 Å². The van der Waals surface area contributed by atoms with Gasteiger partial charge in [0.25, 0.3) is 0 Å². The first kappa shape index (κ1) is 16.5. The Hall–Kier alpha value is -1.56. The van der Waals surface area contributed by atoms with E-state index in [0.717, 1.165) is 12.8 Å². The summed E-state index contributed by atoms with van der Waals surface area (Å²) in [5.74, 6) is -1.03. The van der Waals surface area contributed by atoms with Gasteiger partial charge in [0.15, 0.2) is 0 Å². The van der Waals surface area contributed by atoms with Gasteiger partial charge < -0.3 is 15.7 Å². The van der Waals surface area contributed by atoms with Gasteiger partial charge in [0.2, 0.25) is 0 Å². The zero-order valence-electron chi connectivity index (χ0n) is 11.8. The molecule has 1 aromatic carbocycles. The smallest absolute Gasteiger partial charge is 0.335 e. The highest BCUT2D eigenvalue weighted by Crippen LogP contribution is 2.24. The third kappa shape index (κ3) is 4.85. The van der Waals surface area contributed by atoms with Gasteiger partial charge in [-0.25, -0.2) is 9.59 Å². The molecule has 0 bridgehead atoms. The summed E-state index contributed by atoms with van der Waals surface area (Å²) in [5, 5.41) is 14.5. The summed E-state index contributed by atoms with van der Waals surface area (Å²) in [5.41, 5.74) is 0.237. The van der Waals surface area contributed by atoms with Crippen molar-refractivity contribution in [1.82, 2.24) is 5.32 Å². The number of carbonyl (C=O) groups is 2. The summed E-state index contributed by atoms with van der Waals surface area (Å²) < 4.78 is 0.631. The van der Waals surface area contributed by atoms with Crippen molar-refractivity contribution in [2.24, 2.45) is 0 Å². The molecule has 0 saturated heterocycles. The molecule has 0 unspecified atom stereocenters. The average Bonchev–Trinajstić information content (AvgIpc) is 2.30. The van der Waals surface area contributed by atoms with Crippen LogP contribution >= 0.6 is 15.9 Å². The van der Waals surface area contributed by atoms with E-state index >= 15 is 0 Å². The molecule has 0 fully saturated rings. The molecule has 0 saturated carbocycles. The number of hydrogen-bond acceptors (Lipinski definition) is 2. The van der Waals surface area contributed by atoms with E-state index in [0.29, 0.717) is 10.2 Å². The van der Waals surface area contributed by atoms with Crippen LogP contribution in [0.5, 0.6) is 0 Å². The van der Waals surface area contributed by atoms with Crippen molar-refractivity contribution in [3.05, 3.63) is 28.2 Å². The predicted molar refractivity (Wildman–Crippen MR) is 82.2 cm³/mol. The Bertz CT molecular complexity index is 515. The van der Waals surface area contributed by atoms with Gasteiger partial charge in [0.1, 0.15) is 0 Å². The number of urea groups is 1. The van der Waals surface area contributed by atoms with Crippen LogP contribution in [0.2, 0.25) is 0 Å². The van der Waals surface area contributed by atoms with Crippen LogP contribution in [-0.2, 0) is 0 Å². The van der Waals surface area contributed by atoms with Crippen molar-refractivity contribution >= 4 is 33.6 Å². The molecule has 2 amide bonds. The first-order valence-corrected chi connectivity index (χ1v) is 7.16. The summed E-state index contributed by atoms with van der Waals surface area (Å²) in [6.45, 7) is 5.94. The number of anilines is 1. The lowest BCUT2D eigenvalue weighted by Gasteiger charge is -2.26. The second-order valence-corrected chi connectivity index (χ2v) is 6.07. The van der Waals surface area contributed by atoms with Crippen LogP contribution in [0.15, 0.2) is 22.7 Å². The second kappa shape index (κ2) is 6.74. The van der Waals surface area contributed by atoms with Crippen molar-refractivity contribution in [1.29, 1.82) is 0 Å². The molecule has 0 aromatic heterocycles. The summed E-state index contributed by atoms with van der Waals surface area (Å²) in [4.78, 5) is 22.9. The minimum Gasteiger partial charge on any atom is -0.478 e. The first-order chi connectivity index (χ1) is 9.25. The number of hydrogen-bond donors (Lipinski definition) is 3. The number of aromatic carboxylic acids is 1. The van der Waals surface area contributed by atoms with Crippen molar-refractivity contribution in [3.63, 3.8) is 0 Å². The Labute approximate surface area is 126 Å². The maximum Gasteiger partial charge on any atom is 0.335 e. The zero-order valence-corrected chi connectivity index (χ0v) is 13.4. The van der Waals surface area contributed by atoms with Gasteiger partial charge >= 0.3 is 12.0 Å². The minimum atomic E-state index is -1.03. The Morgan fingerprint density at radius 3 is 2.55 bits per heavy atom. The first-order valence-electron chi connectivity index (χ1n) is 6.37. The zero-order chi connectivity index (χ0) is 15.3. The second-order valence-electron chi connectivity index (χ2n) is 5.21. The lowest BCUT2D eigenvalue weighted by molar-refractivity contribution is 0.0697. The summed E-state index contributed by atoms with van der Waals surface area (Å²) >= 11 is 3.28. The fourth-order valence-electron chi connectivity index (χ4n) is 1.90. The molecule has 6 heteroatoms. The predicted octanol–water partition coefficient (Wildman–Crippen LogP) is 3.85. The Kier molecular flexibility index (Phi) is 5.56. The maximum atomic E-state index is 11.9. The largest absolute Gasteiger partial charge is 0.478 e. The highest BCUT2D eigenvalue weighted by molar-refractivity contribution is 9.10. The Balaban J connectivity index is 2.80. The molecule has 0 atom stereocenters. The molecule has 0 heterocycles. The topological polar surface area (TPSA) is 78.4 Å². The van der Waals surface area contributed by atoms with E-state index in [4.69, 9.17) is 5.11 Å². The maximum absolute atomic E-state index is 11.9. The number of carbonyl (C=O) groups excluding carboxylic acids is 1. The van der Waals surface area contributed by atoms with Crippen molar-refractivity contribution in [3.8, 4) is 0 Å². The number of amides is 2. The van der Waals surface area contributed by atoms with E-state index in [9.17, 15) is 9.59 Å². The summed E-state index contributed by atoms with van der Waals surface area (Å²) in [6, 6.07) is 4.12. The van der Waals surface area contributed by atoms with Crippen molar-refractivity contribution in [2.45, 2.75) is 39.2 Å². The number of benzene rings is 1. The lowest BCUT2D eigenvalue weighted by Crippen LogP contribution is -2.45. The van der Waals surface area contributed by atoms with Crippen LogP contribution in [0.1, 0.15) is 44.0 Å². The van der Waals surface area contributed by atoms with Gasteiger partial charge in [0, 0.05) is 10.0 Å². The number of carboxylic acids is 1. The molecule has 1 aromatic rings. The van der Waals surface area contributed by atoms with E-state index in [-0.39, 0.29) is 17.1 Å². The molecule has 0 spiro atoms. The fourth-order valence-corrected chi connectivity index (χ4v) is 2.25. The third-order valence-corrected chi connectivity index (χ3v) is 3.48. The SMILES string of the molecule is CCCC(C)(C)NC(=O)Nc1cc(C(=O)O)ccc1Br. The highest BCUT2D eigenvalue weighted by atomic mass is 79.9. The Morgan fingerprint density at radius 1 is 1.35 bits per heavy atom. The van der Waals surface area contributed by atoms with Crippen molar-refractivity contribution < 1.29 is 14.7 Å². The quantitative estimate of drug-likeness (QED) is 0.760. The summed E-state index contributed by atoms with van der Waals surface area (Å²) in [6.07, 6.45) is 1.82. The molecule has 20 heavy (non-hydrogen) atoms. The molecule has 0 aliphatic rings. The Morgan fingerprint density at radius 2 is 2.00 bits per heavy atom. The van der Waals surface area contributed by atoms with Gasteiger partial charge in [0.05, 0.1) is 11.3 Å². The van der Waals surface area contributed by atoms with E-state index in [1.807, 2.05) is 20.8 Å². The van der Waals surface area contributed by atoms with Crippen LogP contribution in [0.25, 0.3) is 0 Å². The van der Waals surface area contributed by atoms with Gasteiger partial charge in [-0.1, -0.05) is 13.3 Å². The van der Waals surface area contributed by atoms with E-state index in [2.05, 4.69) is 26.6 Å². The molecule has 1 rings (SSSR count). The highest BCUT2D eigenvalue weighted by Gasteiger charge is 2.19. The monoisotopic (exact) mass is 342 g/mol. The molecular formula is C14H19BrN2O3. The number of rotatable bonds is 5.